The molecule has 0 spiro atoms. The summed E-state index contributed by atoms with van der Waals surface area (Å²) in [7, 11) is 1.79. The van der Waals surface area contributed by atoms with Gasteiger partial charge in [0.2, 0.25) is 0 Å². The fraction of sp³-hybridized carbons (Fsp3) is 0.0769. The minimum atomic E-state index is -0.299. The molecule has 0 aliphatic heterocycles. The summed E-state index contributed by atoms with van der Waals surface area (Å²) in [6.07, 6.45) is 1.65. The molecule has 0 aliphatic carbocycles. The minimum Gasteiger partial charge on any atom is -0.389 e. The molecule has 18 heavy (non-hydrogen) atoms. The topological polar surface area (TPSA) is 42.2 Å². The highest BCUT2D eigenvalue weighted by molar-refractivity contribution is 7.80. The smallest absolute Gasteiger partial charge is 0.142 e. The molecular formula is C13H12FN3S. The average Bonchev–Trinajstić information content (AvgIpc) is 2.38. The molecule has 2 aromatic rings. The molecule has 1 aromatic carbocycles. The molecule has 2 N–H and O–H groups in total. The van der Waals surface area contributed by atoms with E-state index in [-0.39, 0.29) is 10.8 Å². The first kappa shape index (κ1) is 12.4. The van der Waals surface area contributed by atoms with E-state index in [1.807, 2.05) is 0 Å². The van der Waals surface area contributed by atoms with Crippen molar-refractivity contribution < 1.29 is 4.39 Å². The molecule has 0 saturated heterocycles. The van der Waals surface area contributed by atoms with E-state index >= 15 is 0 Å². The van der Waals surface area contributed by atoms with Crippen molar-refractivity contribution in [1.82, 2.24) is 4.98 Å². The lowest BCUT2D eigenvalue weighted by molar-refractivity contribution is 0.628. The second-order valence-electron chi connectivity index (χ2n) is 3.78. The standard InChI is InChI=1S/C13H12FN3S/c1-17(10-5-2-4-9(14)8-10)13-11(12(15)18)6-3-7-16-13/h2-8H,1H3,(H2,15,18). The molecule has 0 saturated carbocycles. The Balaban J connectivity index is 2.46. The summed E-state index contributed by atoms with van der Waals surface area (Å²) < 4.78 is 13.2. The highest BCUT2D eigenvalue weighted by atomic mass is 32.1. The number of nitrogens with two attached hydrogens (primary N) is 1. The van der Waals surface area contributed by atoms with E-state index < -0.39 is 0 Å². The van der Waals surface area contributed by atoms with E-state index in [1.54, 1.807) is 42.4 Å². The Morgan fingerprint density at radius 1 is 1.33 bits per heavy atom. The molecule has 1 aromatic heterocycles. The maximum absolute atomic E-state index is 13.2. The SMILES string of the molecule is CN(c1cccc(F)c1)c1ncccc1C(N)=S. The predicted molar refractivity (Wildman–Crippen MR) is 74.6 cm³/mol. The Kier molecular flexibility index (Phi) is 3.53. The van der Waals surface area contributed by atoms with Gasteiger partial charge < -0.3 is 10.6 Å². The molecule has 0 bridgehead atoms. The molecule has 92 valence electrons. The first-order valence-corrected chi connectivity index (χ1v) is 5.74. The molecule has 0 aliphatic rings. The van der Waals surface area contributed by atoms with Crippen LogP contribution in [-0.4, -0.2) is 17.0 Å². The number of aromatic nitrogens is 1. The van der Waals surface area contributed by atoms with Gasteiger partial charge in [-0.25, -0.2) is 9.37 Å². The van der Waals surface area contributed by atoms with Gasteiger partial charge in [0, 0.05) is 18.9 Å². The summed E-state index contributed by atoms with van der Waals surface area (Å²) in [6, 6.07) is 9.81. The quantitative estimate of drug-likeness (QED) is 0.862. The summed E-state index contributed by atoms with van der Waals surface area (Å²) in [5.41, 5.74) is 7.00. The van der Waals surface area contributed by atoms with E-state index in [0.29, 0.717) is 17.1 Å². The zero-order valence-corrected chi connectivity index (χ0v) is 10.6. The van der Waals surface area contributed by atoms with Gasteiger partial charge in [-0.2, -0.15) is 0 Å². The van der Waals surface area contributed by atoms with Gasteiger partial charge in [0.05, 0.1) is 5.56 Å². The second kappa shape index (κ2) is 5.10. The van der Waals surface area contributed by atoms with Gasteiger partial charge in [-0.05, 0) is 30.3 Å². The van der Waals surface area contributed by atoms with Gasteiger partial charge in [0.25, 0.3) is 0 Å². The molecule has 3 nitrogen and oxygen atoms in total. The van der Waals surface area contributed by atoms with Gasteiger partial charge in [-0.15, -0.1) is 0 Å². The van der Waals surface area contributed by atoms with Crippen molar-refractivity contribution in [1.29, 1.82) is 0 Å². The van der Waals surface area contributed by atoms with Gasteiger partial charge in [-0.3, -0.25) is 0 Å². The van der Waals surface area contributed by atoms with E-state index in [0.717, 1.165) is 0 Å². The van der Waals surface area contributed by atoms with Crippen LogP contribution in [0, 0.1) is 5.82 Å². The predicted octanol–water partition coefficient (Wildman–Crippen LogP) is 2.62. The van der Waals surface area contributed by atoms with Crippen LogP contribution >= 0.6 is 12.2 Å². The highest BCUT2D eigenvalue weighted by Gasteiger charge is 2.12. The number of halogens is 1. The van der Waals surface area contributed by atoms with Crippen molar-refractivity contribution in [3.8, 4) is 0 Å². The summed E-state index contributed by atoms with van der Waals surface area (Å²) >= 11 is 4.98. The van der Waals surface area contributed by atoms with Gasteiger partial charge in [-0.1, -0.05) is 18.3 Å². The molecule has 0 unspecified atom stereocenters. The van der Waals surface area contributed by atoms with Crippen LogP contribution in [0.15, 0.2) is 42.6 Å². The van der Waals surface area contributed by atoms with Crippen molar-refractivity contribution in [2.75, 3.05) is 11.9 Å². The van der Waals surface area contributed by atoms with E-state index in [1.165, 1.54) is 12.1 Å². The molecule has 0 fully saturated rings. The van der Waals surface area contributed by atoms with Gasteiger partial charge in [0.15, 0.2) is 0 Å². The number of benzene rings is 1. The van der Waals surface area contributed by atoms with Crippen LogP contribution < -0.4 is 10.6 Å². The van der Waals surface area contributed by atoms with E-state index in [2.05, 4.69) is 4.98 Å². The second-order valence-corrected chi connectivity index (χ2v) is 4.22. The number of thiocarbonyl (C=S) groups is 1. The van der Waals surface area contributed by atoms with Crippen molar-refractivity contribution >= 4 is 28.7 Å². The first-order chi connectivity index (χ1) is 8.59. The first-order valence-electron chi connectivity index (χ1n) is 5.33. The fourth-order valence-electron chi connectivity index (χ4n) is 1.66. The monoisotopic (exact) mass is 261 g/mol. The third kappa shape index (κ3) is 2.46. The highest BCUT2D eigenvalue weighted by Crippen LogP contribution is 2.25. The van der Waals surface area contributed by atoms with Crippen LogP contribution in [0.1, 0.15) is 5.56 Å². The maximum atomic E-state index is 13.2. The number of hydrogen-bond acceptors (Lipinski definition) is 3. The summed E-state index contributed by atoms with van der Waals surface area (Å²) in [5.74, 6) is 0.308. The Labute approximate surface area is 110 Å². The number of hydrogen-bond donors (Lipinski definition) is 1. The lowest BCUT2D eigenvalue weighted by Crippen LogP contribution is -2.19. The third-order valence-electron chi connectivity index (χ3n) is 2.57. The van der Waals surface area contributed by atoms with Gasteiger partial charge in [0.1, 0.15) is 16.6 Å². The van der Waals surface area contributed by atoms with Crippen molar-refractivity contribution in [2.24, 2.45) is 5.73 Å². The zero-order valence-electron chi connectivity index (χ0n) is 9.80. The Hall–Kier alpha value is -2.01. The summed E-state index contributed by atoms with van der Waals surface area (Å²) in [4.78, 5) is 6.25. The summed E-state index contributed by atoms with van der Waals surface area (Å²) in [5, 5.41) is 0. The Morgan fingerprint density at radius 3 is 2.78 bits per heavy atom. The van der Waals surface area contributed by atoms with Crippen molar-refractivity contribution in [2.45, 2.75) is 0 Å². The molecule has 0 amide bonds. The van der Waals surface area contributed by atoms with Crippen LogP contribution in [0.25, 0.3) is 0 Å². The van der Waals surface area contributed by atoms with Gasteiger partial charge >= 0.3 is 0 Å². The Bertz CT molecular complexity index is 586. The number of pyridine rings is 1. The zero-order chi connectivity index (χ0) is 13.1. The number of anilines is 2. The third-order valence-corrected chi connectivity index (χ3v) is 2.79. The van der Waals surface area contributed by atoms with E-state index in [9.17, 15) is 4.39 Å². The maximum Gasteiger partial charge on any atom is 0.142 e. The normalized spacial score (nSPS) is 10.1. The average molecular weight is 261 g/mol. The molecule has 5 heteroatoms. The molecular weight excluding hydrogens is 249 g/mol. The molecule has 0 atom stereocenters. The van der Waals surface area contributed by atoms with Crippen LogP contribution in [-0.2, 0) is 0 Å². The number of rotatable bonds is 3. The Morgan fingerprint density at radius 2 is 2.11 bits per heavy atom. The molecule has 0 radical (unpaired) electrons. The van der Waals surface area contributed by atoms with Crippen LogP contribution in [0.3, 0.4) is 0 Å². The molecule has 1 heterocycles. The minimum absolute atomic E-state index is 0.265. The van der Waals surface area contributed by atoms with Crippen molar-refractivity contribution in [3.63, 3.8) is 0 Å². The van der Waals surface area contributed by atoms with E-state index in [4.69, 9.17) is 18.0 Å². The van der Waals surface area contributed by atoms with Crippen LogP contribution in [0.2, 0.25) is 0 Å². The molecule has 2 rings (SSSR count). The summed E-state index contributed by atoms with van der Waals surface area (Å²) in [6.45, 7) is 0. The lowest BCUT2D eigenvalue weighted by atomic mass is 10.2. The van der Waals surface area contributed by atoms with Crippen LogP contribution in [0.4, 0.5) is 15.9 Å². The fourth-order valence-corrected chi connectivity index (χ4v) is 1.82. The lowest BCUT2D eigenvalue weighted by Gasteiger charge is -2.20. The van der Waals surface area contributed by atoms with Crippen LogP contribution in [0.5, 0.6) is 0 Å². The number of nitrogens with zero attached hydrogens (tertiary/aromatic N) is 2. The largest absolute Gasteiger partial charge is 0.389 e. The van der Waals surface area contributed by atoms with Crippen molar-refractivity contribution in [3.05, 3.63) is 54.0 Å².